The summed E-state index contributed by atoms with van der Waals surface area (Å²) in [6.45, 7) is 0. The van der Waals surface area contributed by atoms with Crippen LogP contribution in [-0.2, 0) is 0 Å². The van der Waals surface area contributed by atoms with E-state index in [1.165, 1.54) is 19.3 Å². The molecular formula is C15H17NO2. The van der Waals surface area contributed by atoms with Gasteiger partial charge in [-0.3, -0.25) is 4.79 Å². The number of fused-ring (bicyclic) bond motifs is 5. The van der Waals surface area contributed by atoms with E-state index in [1.54, 1.807) is 24.3 Å². The Labute approximate surface area is 106 Å². The Morgan fingerprint density at radius 1 is 1.17 bits per heavy atom. The number of amides is 1. The predicted octanol–water partition coefficient (Wildman–Crippen LogP) is 2.17. The fraction of sp³-hybridized carbons (Fsp3) is 0.533. The van der Waals surface area contributed by atoms with Gasteiger partial charge < -0.3 is 10.4 Å². The molecule has 4 unspecified atom stereocenters. The number of phenols is 1. The smallest absolute Gasteiger partial charge is 0.255 e. The van der Waals surface area contributed by atoms with Crippen LogP contribution < -0.4 is 5.32 Å². The second-order valence-electron chi connectivity index (χ2n) is 6.00. The molecule has 0 saturated heterocycles. The van der Waals surface area contributed by atoms with Crippen LogP contribution >= 0.6 is 0 Å². The van der Waals surface area contributed by atoms with E-state index in [-0.39, 0.29) is 11.7 Å². The summed E-state index contributed by atoms with van der Waals surface area (Å²) in [5.41, 5.74) is 0.398. The Balaban J connectivity index is 1.48. The molecule has 3 aliphatic carbocycles. The minimum atomic E-state index is -0.119. The van der Waals surface area contributed by atoms with Gasteiger partial charge in [0.1, 0.15) is 5.75 Å². The number of hydrogen-bond acceptors (Lipinski definition) is 2. The molecule has 3 aliphatic rings. The fourth-order valence-electron chi connectivity index (χ4n) is 4.41. The molecule has 0 aromatic heterocycles. The highest BCUT2D eigenvalue weighted by Crippen LogP contribution is 2.65. The predicted molar refractivity (Wildman–Crippen MR) is 67.2 cm³/mol. The average molecular weight is 243 g/mol. The minimum Gasteiger partial charge on any atom is -0.507 e. The van der Waals surface area contributed by atoms with Crippen molar-refractivity contribution in [3.8, 4) is 5.75 Å². The maximum Gasteiger partial charge on any atom is 0.255 e. The second-order valence-corrected chi connectivity index (χ2v) is 6.00. The maximum absolute atomic E-state index is 12.1. The Morgan fingerprint density at radius 3 is 2.50 bits per heavy atom. The molecular weight excluding hydrogens is 226 g/mol. The van der Waals surface area contributed by atoms with Crippen molar-refractivity contribution in [1.82, 2.24) is 5.32 Å². The molecule has 4 atom stereocenters. The zero-order valence-electron chi connectivity index (χ0n) is 10.2. The van der Waals surface area contributed by atoms with E-state index in [2.05, 4.69) is 5.32 Å². The highest BCUT2D eigenvalue weighted by Gasteiger charge is 2.65. The van der Waals surface area contributed by atoms with Crippen LogP contribution in [0.15, 0.2) is 24.3 Å². The number of carbonyl (C=O) groups is 1. The van der Waals surface area contributed by atoms with Crippen LogP contribution in [0.2, 0.25) is 0 Å². The van der Waals surface area contributed by atoms with E-state index < -0.39 is 0 Å². The third-order valence-corrected chi connectivity index (χ3v) is 5.18. The molecule has 4 rings (SSSR count). The van der Waals surface area contributed by atoms with Gasteiger partial charge in [-0.1, -0.05) is 12.1 Å². The third-order valence-electron chi connectivity index (χ3n) is 5.18. The summed E-state index contributed by atoms with van der Waals surface area (Å²) in [5.74, 6) is 3.14. The van der Waals surface area contributed by atoms with Crippen molar-refractivity contribution >= 4 is 5.91 Å². The monoisotopic (exact) mass is 243 g/mol. The Bertz CT molecular complexity index is 497. The van der Waals surface area contributed by atoms with Gasteiger partial charge in [0.2, 0.25) is 0 Å². The highest BCUT2D eigenvalue weighted by molar-refractivity contribution is 5.97. The Hall–Kier alpha value is -1.51. The van der Waals surface area contributed by atoms with Gasteiger partial charge in [0.15, 0.2) is 0 Å². The average Bonchev–Trinajstić information content (AvgIpc) is 2.77. The van der Waals surface area contributed by atoms with Crippen LogP contribution in [0.4, 0.5) is 0 Å². The fourth-order valence-corrected chi connectivity index (χ4v) is 4.41. The van der Waals surface area contributed by atoms with Crippen molar-refractivity contribution in [2.45, 2.75) is 25.3 Å². The SMILES string of the molecule is O=C(NC1C2C3CCC(C3)C12)c1ccccc1O. The second kappa shape index (κ2) is 3.50. The summed E-state index contributed by atoms with van der Waals surface area (Å²) in [7, 11) is 0. The number of phenolic OH excluding ortho intramolecular Hbond substituents is 1. The lowest BCUT2D eigenvalue weighted by atomic mass is 10.0. The van der Waals surface area contributed by atoms with Crippen molar-refractivity contribution in [2.75, 3.05) is 0 Å². The number of aromatic hydroxyl groups is 1. The van der Waals surface area contributed by atoms with Crippen molar-refractivity contribution in [3.63, 3.8) is 0 Å². The molecule has 3 fully saturated rings. The van der Waals surface area contributed by atoms with Crippen molar-refractivity contribution < 1.29 is 9.90 Å². The van der Waals surface area contributed by atoms with E-state index in [1.807, 2.05) is 0 Å². The lowest BCUT2D eigenvalue weighted by Crippen LogP contribution is -2.29. The first-order chi connectivity index (χ1) is 8.75. The molecule has 0 radical (unpaired) electrons. The van der Waals surface area contributed by atoms with Crippen molar-refractivity contribution in [3.05, 3.63) is 29.8 Å². The number of para-hydroxylation sites is 1. The molecule has 18 heavy (non-hydrogen) atoms. The van der Waals surface area contributed by atoms with E-state index in [0.29, 0.717) is 11.6 Å². The van der Waals surface area contributed by atoms with Crippen molar-refractivity contribution in [2.24, 2.45) is 23.7 Å². The number of rotatable bonds is 2. The first-order valence-corrected chi connectivity index (χ1v) is 6.84. The lowest BCUT2D eigenvalue weighted by Gasteiger charge is -2.11. The molecule has 0 aliphatic heterocycles. The lowest BCUT2D eigenvalue weighted by molar-refractivity contribution is 0.0941. The summed E-state index contributed by atoms with van der Waals surface area (Å²) in [4.78, 5) is 12.1. The number of carbonyl (C=O) groups excluding carboxylic acids is 1. The van der Waals surface area contributed by atoms with Crippen LogP contribution in [0.3, 0.4) is 0 Å². The first-order valence-electron chi connectivity index (χ1n) is 6.84. The number of benzene rings is 1. The molecule has 3 heteroatoms. The third kappa shape index (κ3) is 1.33. The van der Waals surface area contributed by atoms with Gasteiger partial charge in [0.05, 0.1) is 5.56 Å². The van der Waals surface area contributed by atoms with Gasteiger partial charge in [0, 0.05) is 6.04 Å². The van der Waals surface area contributed by atoms with E-state index in [0.717, 1.165) is 23.7 Å². The van der Waals surface area contributed by atoms with Crippen LogP contribution in [0.5, 0.6) is 5.75 Å². The molecule has 94 valence electrons. The molecule has 2 N–H and O–H groups in total. The summed E-state index contributed by atoms with van der Waals surface area (Å²) in [6.07, 6.45) is 4.10. The summed E-state index contributed by atoms with van der Waals surface area (Å²) in [5, 5.41) is 12.8. The molecule has 3 saturated carbocycles. The first kappa shape index (κ1) is 10.4. The van der Waals surface area contributed by atoms with Crippen molar-refractivity contribution in [1.29, 1.82) is 0 Å². The highest BCUT2D eigenvalue weighted by atomic mass is 16.3. The van der Waals surface area contributed by atoms with E-state index in [9.17, 15) is 9.90 Å². The van der Waals surface area contributed by atoms with Gasteiger partial charge in [-0.15, -0.1) is 0 Å². The van der Waals surface area contributed by atoms with Crippen LogP contribution in [0, 0.1) is 23.7 Å². The zero-order valence-corrected chi connectivity index (χ0v) is 10.2. The number of hydrogen-bond donors (Lipinski definition) is 2. The van der Waals surface area contributed by atoms with E-state index in [4.69, 9.17) is 0 Å². The standard InChI is InChI=1S/C15H17NO2/c17-11-4-2-1-3-10(11)15(18)16-14-12-8-5-6-9(7-8)13(12)14/h1-4,8-9,12-14,17H,5-7H2,(H,16,18). The largest absolute Gasteiger partial charge is 0.507 e. The number of nitrogens with one attached hydrogen (secondary N) is 1. The van der Waals surface area contributed by atoms with Gasteiger partial charge in [0.25, 0.3) is 5.91 Å². The van der Waals surface area contributed by atoms with Gasteiger partial charge in [-0.25, -0.2) is 0 Å². The molecule has 0 spiro atoms. The maximum atomic E-state index is 12.1. The van der Waals surface area contributed by atoms with Crippen LogP contribution in [-0.4, -0.2) is 17.1 Å². The normalized spacial score (nSPS) is 39.4. The summed E-state index contributed by atoms with van der Waals surface area (Å²) in [6, 6.07) is 7.14. The van der Waals surface area contributed by atoms with Crippen LogP contribution in [0.25, 0.3) is 0 Å². The molecule has 1 aromatic carbocycles. The summed E-state index contributed by atoms with van der Waals surface area (Å²) < 4.78 is 0. The quantitative estimate of drug-likeness (QED) is 0.836. The molecule has 1 aromatic rings. The Morgan fingerprint density at radius 2 is 1.83 bits per heavy atom. The minimum absolute atomic E-state index is 0.0729. The molecule has 1 amide bonds. The van der Waals surface area contributed by atoms with Crippen LogP contribution in [0.1, 0.15) is 29.6 Å². The topological polar surface area (TPSA) is 49.3 Å². The van der Waals surface area contributed by atoms with Gasteiger partial charge >= 0.3 is 0 Å². The van der Waals surface area contributed by atoms with Gasteiger partial charge in [-0.2, -0.15) is 0 Å². The molecule has 0 heterocycles. The summed E-state index contributed by atoms with van der Waals surface area (Å²) >= 11 is 0. The Kier molecular flexibility index (Phi) is 2.02. The van der Waals surface area contributed by atoms with Gasteiger partial charge in [-0.05, 0) is 55.1 Å². The molecule has 2 bridgehead atoms. The zero-order chi connectivity index (χ0) is 12.3. The van der Waals surface area contributed by atoms with E-state index >= 15 is 0 Å². The molecule has 3 nitrogen and oxygen atoms in total.